The van der Waals surface area contributed by atoms with Gasteiger partial charge in [-0.15, -0.1) is 11.8 Å². The van der Waals surface area contributed by atoms with Gasteiger partial charge in [0.15, 0.2) is 0 Å². The van der Waals surface area contributed by atoms with Crippen LogP contribution in [0.3, 0.4) is 0 Å². The SMILES string of the molecule is O=C(O)c1cc(Br)ccc1SCc1ccc(Cl)cc1. The van der Waals surface area contributed by atoms with Crippen LogP contribution < -0.4 is 0 Å². The number of hydrogen-bond donors (Lipinski definition) is 1. The highest BCUT2D eigenvalue weighted by molar-refractivity contribution is 9.10. The minimum atomic E-state index is -0.917. The normalized spacial score (nSPS) is 10.4. The first-order valence-corrected chi connectivity index (χ1v) is 7.62. The van der Waals surface area contributed by atoms with E-state index in [0.29, 0.717) is 16.3 Å². The molecule has 0 fully saturated rings. The van der Waals surface area contributed by atoms with Gasteiger partial charge in [-0.25, -0.2) is 4.79 Å². The van der Waals surface area contributed by atoms with Crippen molar-refractivity contribution in [3.8, 4) is 0 Å². The molecular formula is C14H10BrClO2S. The molecule has 0 radical (unpaired) electrons. The lowest BCUT2D eigenvalue weighted by atomic mass is 10.2. The second-order valence-corrected chi connectivity index (χ2v) is 6.23. The molecule has 0 amide bonds. The van der Waals surface area contributed by atoms with Crippen molar-refractivity contribution in [1.29, 1.82) is 0 Å². The fraction of sp³-hybridized carbons (Fsp3) is 0.0714. The molecule has 98 valence electrons. The van der Waals surface area contributed by atoms with Crippen molar-refractivity contribution in [1.82, 2.24) is 0 Å². The molecule has 0 saturated heterocycles. The summed E-state index contributed by atoms with van der Waals surface area (Å²) in [5.41, 5.74) is 1.42. The third kappa shape index (κ3) is 4.00. The van der Waals surface area contributed by atoms with Crippen molar-refractivity contribution in [3.05, 3.63) is 63.1 Å². The minimum absolute atomic E-state index is 0.313. The lowest BCUT2D eigenvalue weighted by Gasteiger charge is -2.06. The van der Waals surface area contributed by atoms with Gasteiger partial charge in [0.25, 0.3) is 0 Å². The number of hydrogen-bond acceptors (Lipinski definition) is 2. The first-order chi connectivity index (χ1) is 9.06. The number of carboxylic acid groups (broad SMARTS) is 1. The van der Waals surface area contributed by atoms with Gasteiger partial charge < -0.3 is 5.11 Å². The maximum absolute atomic E-state index is 11.2. The first kappa shape index (κ1) is 14.4. The first-order valence-electron chi connectivity index (χ1n) is 5.46. The quantitative estimate of drug-likeness (QED) is 0.774. The van der Waals surface area contributed by atoms with Crippen LogP contribution in [0.15, 0.2) is 51.8 Å². The Morgan fingerprint density at radius 1 is 1.21 bits per heavy atom. The van der Waals surface area contributed by atoms with E-state index in [1.54, 1.807) is 6.07 Å². The Hall–Kier alpha value is -0.970. The van der Waals surface area contributed by atoms with Crippen LogP contribution in [-0.2, 0) is 5.75 Å². The van der Waals surface area contributed by atoms with Gasteiger partial charge in [-0.3, -0.25) is 0 Å². The van der Waals surface area contributed by atoms with Crippen molar-refractivity contribution in [2.75, 3.05) is 0 Å². The van der Waals surface area contributed by atoms with Gasteiger partial charge >= 0.3 is 5.97 Å². The van der Waals surface area contributed by atoms with Crippen LogP contribution in [0, 0.1) is 0 Å². The van der Waals surface area contributed by atoms with E-state index in [0.717, 1.165) is 14.9 Å². The Balaban J connectivity index is 2.15. The molecule has 5 heteroatoms. The summed E-state index contributed by atoms with van der Waals surface area (Å²) in [6.45, 7) is 0. The Kier molecular flexibility index (Phi) is 4.91. The van der Waals surface area contributed by atoms with Crippen LogP contribution in [0.4, 0.5) is 0 Å². The maximum atomic E-state index is 11.2. The Morgan fingerprint density at radius 2 is 1.89 bits per heavy atom. The summed E-state index contributed by atoms with van der Waals surface area (Å²) >= 11 is 10.6. The zero-order valence-corrected chi connectivity index (χ0v) is 12.9. The predicted octanol–water partition coefficient (Wildman–Crippen LogP) is 5.09. The zero-order valence-electron chi connectivity index (χ0n) is 9.77. The smallest absolute Gasteiger partial charge is 0.336 e. The molecule has 0 heterocycles. The zero-order chi connectivity index (χ0) is 13.8. The van der Waals surface area contributed by atoms with Gasteiger partial charge in [0, 0.05) is 20.1 Å². The Morgan fingerprint density at radius 3 is 2.53 bits per heavy atom. The summed E-state index contributed by atoms with van der Waals surface area (Å²) in [5, 5.41) is 9.87. The number of halogens is 2. The highest BCUT2D eigenvalue weighted by Crippen LogP contribution is 2.29. The number of aromatic carboxylic acids is 1. The molecule has 1 N–H and O–H groups in total. The third-order valence-corrected chi connectivity index (χ3v) is 4.37. The molecule has 19 heavy (non-hydrogen) atoms. The number of carbonyl (C=O) groups is 1. The minimum Gasteiger partial charge on any atom is -0.478 e. The second-order valence-electron chi connectivity index (χ2n) is 3.86. The number of carboxylic acids is 1. The molecule has 0 aliphatic heterocycles. The highest BCUT2D eigenvalue weighted by atomic mass is 79.9. The third-order valence-electron chi connectivity index (χ3n) is 2.48. The molecule has 2 rings (SSSR count). The second kappa shape index (κ2) is 6.46. The van der Waals surface area contributed by atoms with Crippen LogP contribution >= 0.6 is 39.3 Å². The molecule has 2 aromatic rings. The Bertz CT molecular complexity index is 599. The fourth-order valence-corrected chi connectivity index (χ4v) is 3.00. The Labute approximate surface area is 128 Å². The summed E-state index contributed by atoms with van der Waals surface area (Å²) in [4.78, 5) is 11.9. The molecule has 2 aromatic carbocycles. The van der Waals surface area contributed by atoms with E-state index in [-0.39, 0.29) is 0 Å². The molecule has 0 atom stereocenters. The fourth-order valence-electron chi connectivity index (χ4n) is 1.54. The lowest BCUT2D eigenvalue weighted by molar-refractivity contribution is 0.0693. The van der Waals surface area contributed by atoms with E-state index in [2.05, 4.69) is 15.9 Å². The molecule has 2 nitrogen and oxygen atoms in total. The van der Waals surface area contributed by atoms with Crippen molar-refractivity contribution in [3.63, 3.8) is 0 Å². The van der Waals surface area contributed by atoms with Gasteiger partial charge in [-0.1, -0.05) is 39.7 Å². The lowest BCUT2D eigenvalue weighted by Crippen LogP contribution is -1.98. The summed E-state index contributed by atoms with van der Waals surface area (Å²) in [7, 11) is 0. The van der Waals surface area contributed by atoms with Crippen LogP contribution in [0.5, 0.6) is 0 Å². The van der Waals surface area contributed by atoms with Gasteiger partial charge in [0.05, 0.1) is 5.56 Å². The van der Waals surface area contributed by atoms with Crippen molar-refractivity contribution in [2.45, 2.75) is 10.6 Å². The molecule has 0 aliphatic carbocycles. The van der Waals surface area contributed by atoms with Gasteiger partial charge in [-0.2, -0.15) is 0 Å². The van der Waals surface area contributed by atoms with E-state index in [9.17, 15) is 9.90 Å². The summed E-state index contributed by atoms with van der Waals surface area (Å²) in [5.74, 6) is -0.209. The highest BCUT2D eigenvalue weighted by Gasteiger charge is 2.11. The largest absolute Gasteiger partial charge is 0.478 e. The molecule has 0 saturated carbocycles. The van der Waals surface area contributed by atoms with Crippen molar-refractivity contribution < 1.29 is 9.90 Å². The van der Waals surface area contributed by atoms with Crippen molar-refractivity contribution >= 4 is 45.3 Å². The van der Waals surface area contributed by atoms with Crippen LogP contribution in [-0.4, -0.2) is 11.1 Å². The van der Waals surface area contributed by atoms with Gasteiger partial charge in [0.1, 0.15) is 0 Å². The summed E-state index contributed by atoms with van der Waals surface area (Å²) in [6.07, 6.45) is 0. The van der Waals surface area contributed by atoms with E-state index in [4.69, 9.17) is 11.6 Å². The molecule has 0 unspecified atom stereocenters. The van der Waals surface area contributed by atoms with E-state index in [1.165, 1.54) is 11.8 Å². The molecule has 0 bridgehead atoms. The number of rotatable bonds is 4. The summed E-state index contributed by atoms with van der Waals surface area (Å²) < 4.78 is 0.765. The topological polar surface area (TPSA) is 37.3 Å². The van der Waals surface area contributed by atoms with Crippen LogP contribution in [0.25, 0.3) is 0 Å². The average Bonchev–Trinajstić information content (AvgIpc) is 2.39. The van der Waals surface area contributed by atoms with E-state index >= 15 is 0 Å². The molecule has 0 spiro atoms. The standard InChI is InChI=1S/C14H10BrClO2S/c15-10-3-6-13(12(7-10)14(17)18)19-8-9-1-4-11(16)5-2-9/h1-7H,8H2,(H,17,18). The van der Waals surface area contributed by atoms with Crippen LogP contribution in [0.2, 0.25) is 5.02 Å². The molecular weight excluding hydrogens is 348 g/mol. The average molecular weight is 358 g/mol. The van der Waals surface area contributed by atoms with E-state index in [1.807, 2.05) is 36.4 Å². The van der Waals surface area contributed by atoms with E-state index < -0.39 is 5.97 Å². The van der Waals surface area contributed by atoms with Gasteiger partial charge in [-0.05, 0) is 35.9 Å². The number of thioether (sulfide) groups is 1. The monoisotopic (exact) mass is 356 g/mol. The molecule has 0 aromatic heterocycles. The molecule has 0 aliphatic rings. The van der Waals surface area contributed by atoms with Crippen molar-refractivity contribution in [2.24, 2.45) is 0 Å². The van der Waals surface area contributed by atoms with Gasteiger partial charge in [0.2, 0.25) is 0 Å². The maximum Gasteiger partial charge on any atom is 0.336 e. The van der Waals surface area contributed by atoms with Crippen LogP contribution in [0.1, 0.15) is 15.9 Å². The summed E-state index contributed by atoms with van der Waals surface area (Å²) in [6, 6.07) is 12.8. The number of benzene rings is 2. The predicted molar refractivity (Wildman–Crippen MR) is 82.1 cm³/mol.